The van der Waals surface area contributed by atoms with Gasteiger partial charge in [0, 0.05) is 13.0 Å². The van der Waals surface area contributed by atoms with Gasteiger partial charge in [-0.3, -0.25) is 15.0 Å². The molecule has 0 aliphatic carbocycles. The van der Waals surface area contributed by atoms with Crippen molar-refractivity contribution in [3.05, 3.63) is 71.8 Å². The van der Waals surface area contributed by atoms with Crippen LogP contribution in [0, 0.1) is 23.2 Å². The van der Waals surface area contributed by atoms with Crippen LogP contribution in [-0.2, 0) is 32.0 Å². The molecular weight excluding hydrogens is 516 g/mol. The first-order chi connectivity index (χ1) is 19.9. The van der Waals surface area contributed by atoms with E-state index in [-0.39, 0.29) is 17.7 Å². The third kappa shape index (κ3) is 10.2. The number of hydrazine groups is 1. The molecule has 1 saturated heterocycles. The third-order valence-corrected chi connectivity index (χ3v) is 8.26. The lowest BCUT2D eigenvalue weighted by atomic mass is 9.59. The quantitative estimate of drug-likeness (QED) is 0.0941. The molecule has 1 heterocycles. The Kier molecular flexibility index (Phi) is 13.8. The number of carbonyl (C=O) groups excluding carboxylic acids is 2. The molecule has 2 aromatic rings. The fourth-order valence-corrected chi connectivity index (χ4v) is 6.27. The van der Waals surface area contributed by atoms with Gasteiger partial charge in [-0.2, -0.15) is 0 Å². The number of unbranched alkanes of at least 4 members (excludes halogenated alkanes) is 1. The molecule has 0 aromatic heterocycles. The number of rotatable bonds is 17. The molecule has 2 amide bonds. The minimum atomic E-state index is -0.696. The standard InChI is InChI=1S/C33H50N4O4/c1-25(2)23-28(31(38)36-35)30(32(39)37-41-29-17-9-12-22-40-29)33(19-10-11-21-34,24-27-15-7-4-8-16-27)20-18-26-13-5-3-6-14-26/h3-8,13-16,25,28-30H,9-12,17-24,34-35H2,1-2H3,(H,36,38)(H,37,39)/t28-,29?,30-,33?/m1/s1. The van der Waals surface area contributed by atoms with Crippen LogP contribution in [0.25, 0.3) is 0 Å². The van der Waals surface area contributed by atoms with Crippen molar-refractivity contribution in [1.29, 1.82) is 0 Å². The Morgan fingerprint density at radius 2 is 1.66 bits per heavy atom. The third-order valence-electron chi connectivity index (χ3n) is 8.26. The maximum atomic E-state index is 14.4. The molecule has 41 heavy (non-hydrogen) atoms. The van der Waals surface area contributed by atoms with Crippen LogP contribution in [0.15, 0.2) is 60.7 Å². The maximum Gasteiger partial charge on any atom is 0.248 e. The van der Waals surface area contributed by atoms with E-state index in [1.54, 1.807) is 0 Å². The van der Waals surface area contributed by atoms with Crippen molar-refractivity contribution < 1.29 is 19.2 Å². The number of amides is 2. The number of nitrogens with two attached hydrogens (primary N) is 2. The van der Waals surface area contributed by atoms with E-state index in [4.69, 9.17) is 21.2 Å². The molecule has 1 aliphatic rings. The van der Waals surface area contributed by atoms with Crippen molar-refractivity contribution in [2.24, 2.45) is 34.7 Å². The number of hydroxylamine groups is 1. The molecule has 226 valence electrons. The van der Waals surface area contributed by atoms with Crippen LogP contribution in [0.1, 0.15) is 76.3 Å². The Bertz CT molecular complexity index is 1030. The van der Waals surface area contributed by atoms with E-state index in [1.807, 2.05) is 36.4 Å². The summed E-state index contributed by atoms with van der Waals surface area (Å²) in [4.78, 5) is 33.7. The van der Waals surface area contributed by atoms with Gasteiger partial charge in [-0.15, -0.1) is 0 Å². The van der Waals surface area contributed by atoms with E-state index in [0.29, 0.717) is 38.8 Å². The minimum absolute atomic E-state index is 0.169. The molecule has 1 aliphatic heterocycles. The van der Waals surface area contributed by atoms with Gasteiger partial charge in [0.1, 0.15) is 0 Å². The van der Waals surface area contributed by atoms with E-state index in [1.165, 1.54) is 5.56 Å². The monoisotopic (exact) mass is 566 g/mol. The van der Waals surface area contributed by atoms with Crippen LogP contribution in [-0.4, -0.2) is 31.3 Å². The highest BCUT2D eigenvalue weighted by Gasteiger charge is 2.49. The van der Waals surface area contributed by atoms with Crippen molar-refractivity contribution in [2.75, 3.05) is 13.2 Å². The van der Waals surface area contributed by atoms with Crippen molar-refractivity contribution in [3.8, 4) is 0 Å². The summed E-state index contributed by atoms with van der Waals surface area (Å²) in [5.74, 6) is 3.96. The van der Waals surface area contributed by atoms with Crippen molar-refractivity contribution in [3.63, 3.8) is 0 Å². The summed E-state index contributed by atoms with van der Waals surface area (Å²) in [5, 5.41) is 0. The summed E-state index contributed by atoms with van der Waals surface area (Å²) < 4.78 is 5.72. The zero-order valence-corrected chi connectivity index (χ0v) is 24.9. The fraction of sp³-hybridized carbons (Fsp3) is 0.576. The van der Waals surface area contributed by atoms with Crippen molar-refractivity contribution in [2.45, 2.75) is 84.3 Å². The predicted octanol–water partition coefficient (Wildman–Crippen LogP) is 4.82. The molecule has 8 nitrogen and oxygen atoms in total. The average Bonchev–Trinajstić information content (AvgIpc) is 2.99. The first kappa shape index (κ1) is 32.7. The minimum Gasteiger partial charge on any atom is -0.350 e. The summed E-state index contributed by atoms with van der Waals surface area (Å²) in [6, 6.07) is 20.5. The fourth-order valence-electron chi connectivity index (χ4n) is 6.27. The molecule has 1 fully saturated rings. The lowest BCUT2D eigenvalue weighted by Crippen LogP contribution is -2.53. The van der Waals surface area contributed by atoms with Crippen LogP contribution in [0.4, 0.5) is 0 Å². The number of ether oxygens (including phenoxy) is 1. The van der Waals surface area contributed by atoms with Crippen LogP contribution in [0.5, 0.6) is 0 Å². The average molecular weight is 567 g/mol. The summed E-state index contributed by atoms with van der Waals surface area (Å²) in [7, 11) is 0. The first-order valence-corrected chi connectivity index (χ1v) is 15.2. The zero-order chi connectivity index (χ0) is 29.5. The molecule has 2 aromatic carbocycles. The van der Waals surface area contributed by atoms with Gasteiger partial charge in [-0.05, 0) is 80.4 Å². The van der Waals surface area contributed by atoms with Crippen LogP contribution < -0.4 is 22.5 Å². The number of aryl methyl sites for hydroxylation is 1. The Labute approximate surface area is 245 Å². The number of nitrogens with one attached hydrogen (secondary N) is 2. The second-order valence-electron chi connectivity index (χ2n) is 11.9. The van der Waals surface area contributed by atoms with Crippen LogP contribution in [0.3, 0.4) is 0 Å². The van der Waals surface area contributed by atoms with Crippen LogP contribution in [0.2, 0.25) is 0 Å². The van der Waals surface area contributed by atoms with E-state index in [0.717, 1.165) is 44.1 Å². The van der Waals surface area contributed by atoms with E-state index in [2.05, 4.69) is 49.0 Å². The largest absolute Gasteiger partial charge is 0.350 e. The van der Waals surface area contributed by atoms with Gasteiger partial charge in [0.05, 0.1) is 11.8 Å². The molecule has 6 N–H and O–H groups in total. The number of carbonyl (C=O) groups is 2. The molecule has 4 atom stereocenters. The molecule has 2 unspecified atom stereocenters. The van der Waals surface area contributed by atoms with Crippen LogP contribution >= 0.6 is 0 Å². The molecule has 0 radical (unpaired) electrons. The topological polar surface area (TPSA) is 129 Å². The Morgan fingerprint density at radius 1 is 0.976 bits per heavy atom. The molecular formula is C33H50N4O4. The van der Waals surface area contributed by atoms with Gasteiger partial charge in [0.15, 0.2) is 6.29 Å². The summed E-state index contributed by atoms with van der Waals surface area (Å²) in [6.45, 7) is 5.30. The highest BCUT2D eigenvalue weighted by atomic mass is 16.8. The highest BCUT2D eigenvalue weighted by molar-refractivity contribution is 5.87. The van der Waals surface area contributed by atoms with Crippen molar-refractivity contribution in [1.82, 2.24) is 10.9 Å². The molecule has 0 spiro atoms. The first-order valence-electron chi connectivity index (χ1n) is 15.2. The summed E-state index contributed by atoms with van der Waals surface area (Å²) in [6.07, 6.45) is 7.20. The normalized spacial score (nSPS) is 18.3. The van der Waals surface area contributed by atoms with Crippen molar-refractivity contribution >= 4 is 11.8 Å². The maximum absolute atomic E-state index is 14.4. The molecule has 0 bridgehead atoms. The van der Waals surface area contributed by atoms with Gasteiger partial charge < -0.3 is 10.5 Å². The SMILES string of the molecule is CC(C)C[C@@H](C(=O)NN)[C@H](C(=O)NOC1CCCCO1)C(CCCCN)(CCc1ccccc1)Cc1ccccc1. The van der Waals surface area contributed by atoms with Gasteiger partial charge in [-0.1, -0.05) is 80.9 Å². The Morgan fingerprint density at radius 3 is 2.24 bits per heavy atom. The highest BCUT2D eigenvalue weighted by Crippen LogP contribution is 2.47. The number of hydrogen-bond donors (Lipinski definition) is 4. The summed E-state index contributed by atoms with van der Waals surface area (Å²) >= 11 is 0. The second kappa shape index (κ2) is 17.2. The second-order valence-corrected chi connectivity index (χ2v) is 11.9. The van der Waals surface area contributed by atoms with Gasteiger partial charge >= 0.3 is 0 Å². The Hall–Kier alpha value is -2.78. The lowest BCUT2D eigenvalue weighted by Gasteiger charge is -2.44. The van der Waals surface area contributed by atoms with Gasteiger partial charge in [0.2, 0.25) is 11.8 Å². The van der Waals surface area contributed by atoms with Gasteiger partial charge in [-0.25, -0.2) is 16.2 Å². The predicted molar refractivity (Wildman–Crippen MR) is 162 cm³/mol. The van der Waals surface area contributed by atoms with Gasteiger partial charge in [0.25, 0.3) is 0 Å². The zero-order valence-electron chi connectivity index (χ0n) is 24.9. The smallest absolute Gasteiger partial charge is 0.248 e. The number of hydrogen-bond acceptors (Lipinski definition) is 6. The number of benzene rings is 2. The molecule has 8 heteroatoms. The molecule has 3 rings (SSSR count). The summed E-state index contributed by atoms with van der Waals surface area (Å²) in [5.41, 5.74) is 12.8. The van der Waals surface area contributed by atoms with E-state index in [9.17, 15) is 9.59 Å². The van der Waals surface area contributed by atoms with E-state index >= 15 is 0 Å². The Balaban J connectivity index is 2.09. The van der Waals surface area contributed by atoms with E-state index < -0.39 is 23.5 Å². The lowest BCUT2D eigenvalue weighted by molar-refractivity contribution is -0.205. The molecule has 0 saturated carbocycles.